The number of carbonyl (C=O) groups excluding carboxylic acids is 2. The number of imide groups is 1. The fraction of sp³-hybridized carbons (Fsp3) is 0.125. The van der Waals surface area contributed by atoms with Crippen LogP contribution in [0.2, 0.25) is 0 Å². The molecule has 0 atom stereocenters. The van der Waals surface area contributed by atoms with E-state index >= 15 is 0 Å². The summed E-state index contributed by atoms with van der Waals surface area (Å²) < 4.78 is 40.4. The molecule has 2 heterocycles. The molecule has 0 bridgehead atoms. The van der Waals surface area contributed by atoms with E-state index in [4.69, 9.17) is 0 Å². The summed E-state index contributed by atoms with van der Waals surface area (Å²) in [5.41, 5.74) is 1.22. The molecule has 1 N–H and O–H groups in total. The number of nitrogens with zero attached hydrogens (tertiary/aromatic N) is 1. The van der Waals surface area contributed by atoms with E-state index in [1.54, 1.807) is 6.07 Å². The molecule has 0 unspecified atom stereocenters. The van der Waals surface area contributed by atoms with Crippen LogP contribution in [0.5, 0.6) is 0 Å². The van der Waals surface area contributed by atoms with Crippen molar-refractivity contribution in [1.29, 1.82) is 0 Å². The number of hydrogen-bond acceptors (Lipinski definition) is 4. The molecule has 6 nitrogen and oxygen atoms in total. The molecule has 0 radical (unpaired) electrons. The maximum absolute atomic E-state index is 13.5. The van der Waals surface area contributed by atoms with Crippen LogP contribution in [-0.2, 0) is 16.4 Å². The summed E-state index contributed by atoms with van der Waals surface area (Å²) >= 11 is 0. The van der Waals surface area contributed by atoms with Gasteiger partial charge in [0.25, 0.3) is 21.8 Å². The van der Waals surface area contributed by atoms with Crippen molar-refractivity contribution in [3.8, 4) is 0 Å². The highest BCUT2D eigenvalue weighted by molar-refractivity contribution is 7.92. The van der Waals surface area contributed by atoms with Crippen LogP contribution in [0.1, 0.15) is 26.3 Å². The number of hydrogen-bond donors (Lipinski definition) is 1. The summed E-state index contributed by atoms with van der Waals surface area (Å²) in [4.78, 5) is 23.2. The molecule has 2 aliphatic rings. The largest absolute Gasteiger partial charge is 0.288 e. The molecule has 2 aromatic carbocycles. The lowest BCUT2D eigenvalue weighted by Gasteiger charge is -2.19. The Morgan fingerprint density at radius 3 is 2.54 bits per heavy atom. The molecule has 24 heavy (non-hydrogen) atoms. The Kier molecular flexibility index (Phi) is 3.01. The molecule has 0 fully saturated rings. The molecule has 0 saturated heterocycles. The molecule has 0 aliphatic carbocycles. The number of sulfonamides is 1. The summed E-state index contributed by atoms with van der Waals surface area (Å²) in [7, 11) is -3.96. The van der Waals surface area contributed by atoms with Gasteiger partial charge in [-0.05, 0) is 42.3 Å². The molecule has 4 rings (SSSR count). The first-order valence-electron chi connectivity index (χ1n) is 7.19. The third-order valence-electron chi connectivity index (χ3n) is 4.20. The number of anilines is 1. The number of amides is 2. The zero-order valence-electron chi connectivity index (χ0n) is 12.2. The zero-order valence-corrected chi connectivity index (χ0v) is 13.1. The molecule has 2 aliphatic heterocycles. The van der Waals surface area contributed by atoms with E-state index in [0.717, 1.165) is 9.87 Å². The van der Waals surface area contributed by atoms with Crippen LogP contribution in [0.25, 0.3) is 0 Å². The number of nitrogens with one attached hydrogen (secondary N) is 1. The van der Waals surface area contributed by atoms with Crippen LogP contribution in [0, 0.1) is 5.82 Å². The van der Waals surface area contributed by atoms with Gasteiger partial charge in [0, 0.05) is 6.54 Å². The first-order chi connectivity index (χ1) is 11.4. The van der Waals surface area contributed by atoms with E-state index < -0.39 is 27.7 Å². The highest BCUT2D eigenvalue weighted by atomic mass is 32.2. The van der Waals surface area contributed by atoms with Crippen LogP contribution >= 0.6 is 0 Å². The Balaban J connectivity index is 1.81. The summed E-state index contributed by atoms with van der Waals surface area (Å²) in [6.07, 6.45) is 0.485. The van der Waals surface area contributed by atoms with Crippen molar-refractivity contribution >= 4 is 27.5 Å². The van der Waals surface area contributed by atoms with Gasteiger partial charge < -0.3 is 0 Å². The number of halogens is 1. The molecule has 122 valence electrons. The Hall–Kier alpha value is -2.74. The van der Waals surface area contributed by atoms with Crippen molar-refractivity contribution in [2.75, 3.05) is 10.8 Å². The molecule has 2 amide bonds. The minimum Gasteiger partial charge on any atom is -0.288 e. The molecule has 0 aromatic heterocycles. The average molecular weight is 346 g/mol. The van der Waals surface area contributed by atoms with Gasteiger partial charge in [-0.25, -0.2) is 12.8 Å². The molecule has 0 spiro atoms. The van der Waals surface area contributed by atoms with Crippen molar-refractivity contribution < 1.29 is 22.4 Å². The van der Waals surface area contributed by atoms with E-state index in [-0.39, 0.29) is 22.6 Å². The number of benzene rings is 2. The summed E-state index contributed by atoms with van der Waals surface area (Å²) in [5, 5.41) is 2.12. The topological polar surface area (TPSA) is 83.5 Å². The third-order valence-corrected chi connectivity index (χ3v) is 6.00. The van der Waals surface area contributed by atoms with Crippen LogP contribution in [0.4, 0.5) is 10.1 Å². The lowest BCUT2D eigenvalue weighted by atomic mass is 10.1. The third kappa shape index (κ3) is 2.03. The standard InChI is InChI=1S/C16H11FN2O4S/c17-10-2-1-9-5-6-19(14(9)7-10)24(22,23)11-3-4-12-13(8-11)16(21)18-15(12)20/h1-4,7-8H,5-6H2,(H,18,20,21). The Morgan fingerprint density at radius 2 is 1.75 bits per heavy atom. The smallest absolute Gasteiger partial charge is 0.264 e. The fourth-order valence-electron chi connectivity index (χ4n) is 3.01. The van der Waals surface area contributed by atoms with Gasteiger partial charge in [0.1, 0.15) is 5.82 Å². The maximum atomic E-state index is 13.5. The zero-order chi connectivity index (χ0) is 17.1. The first kappa shape index (κ1) is 14.8. The maximum Gasteiger partial charge on any atom is 0.264 e. The average Bonchev–Trinajstić information content (AvgIpc) is 3.09. The molecule has 0 saturated carbocycles. The van der Waals surface area contributed by atoms with Gasteiger partial charge in [0.05, 0.1) is 21.7 Å². The molecule has 2 aromatic rings. The predicted molar refractivity (Wildman–Crippen MR) is 82.9 cm³/mol. The second-order valence-corrected chi connectivity index (χ2v) is 7.45. The second-order valence-electron chi connectivity index (χ2n) is 5.59. The highest BCUT2D eigenvalue weighted by Crippen LogP contribution is 2.34. The Bertz CT molecular complexity index is 1020. The number of carbonyl (C=O) groups is 2. The minimum atomic E-state index is -3.96. The Morgan fingerprint density at radius 1 is 1.00 bits per heavy atom. The van der Waals surface area contributed by atoms with Gasteiger partial charge in [-0.1, -0.05) is 6.07 Å². The minimum absolute atomic E-state index is 0.0275. The van der Waals surface area contributed by atoms with E-state index in [9.17, 15) is 22.4 Å². The summed E-state index contributed by atoms with van der Waals surface area (Å²) in [6.45, 7) is 0.198. The van der Waals surface area contributed by atoms with Gasteiger partial charge in [0.15, 0.2) is 0 Å². The lowest BCUT2D eigenvalue weighted by molar-refractivity contribution is 0.0879. The van der Waals surface area contributed by atoms with E-state index in [2.05, 4.69) is 5.32 Å². The quantitative estimate of drug-likeness (QED) is 0.835. The van der Waals surface area contributed by atoms with Gasteiger partial charge in [-0.2, -0.15) is 0 Å². The van der Waals surface area contributed by atoms with E-state index in [0.29, 0.717) is 12.1 Å². The Labute approximate surface area is 136 Å². The van der Waals surface area contributed by atoms with Gasteiger partial charge in [-0.3, -0.25) is 19.2 Å². The lowest BCUT2D eigenvalue weighted by Crippen LogP contribution is -2.29. The van der Waals surface area contributed by atoms with Crippen molar-refractivity contribution in [1.82, 2.24) is 5.32 Å². The van der Waals surface area contributed by atoms with Crippen molar-refractivity contribution in [3.63, 3.8) is 0 Å². The van der Waals surface area contributed by atoms with E-state index in [1.165, 1.54) is 30.3 Å². The van der Waals surface area contributed by atoms with Gasteiger partial charge in [-0.15, -0.1) is 0 Å². The van der Waals surface area contributed by atoms with Crippen LogP contribution in [0.15, 0.2) is 41.3 Å². The normalized spacial score (nSPS) is 16.1. The van der Waals surface area contributed by atoms with Crippen molar-refractivity contribution in [3.05, 3.63) is 58.9 Å². The molecular formula is C16H11FN2O4S. The number of fused-ring (bicyclic) bond motifs is 2. The number of rotatable bonds is 2. The van der Waals surface area contributed by atoms with E-state index in [1.807, 2.05) is 0 Å². The van der Waals surface area contributed by atoms with Crippen molar-refractivity contribution in [2.24, 2.45) is 0 Å². The first-order valence-corrected chi connectivity index (χ1v) is 8.63. The van der Waals surface area contributed by atoms with Crippen molar-refractivity contribution in [2.45, 2.75) is 11.3 Å². The van der Waals surface area contributed by atoms with Gasteiger partial charge >= 0.3 is 0 Å². The van der Waals surface area contributed by atoms with Crippen LogP contribution in [0.3, 0.4) is 0 Å². The second kappa shape index (κ2) is 4.88. The fourth-order valence-corrected chi connectivity index (χ4v) is 4.53. The SMILES string of the molecule is O=C1NC(=O)c2cc(S(=O)(=O)N3CCc4ccc(F)cc43)ccc21. The molecular weight excluding hydrogens is 335 g/mol. The van der Waals surface area contributed by atoms with Gasteiger partial charge in [0.2, 0.25) is 0 Å². The summed E-state index contributed by atoms with van der Waals surface area (Å²) in [5.74, 6) is -1.69. The summed E-state index contributed by atoms with van der Waals surface area (Å²) in [6, 6.07) is 7.82. The molecule has 8 heteroatoms. The van der Waals surface area contributed by atoms with Crippen LogP contribution < -0.4 is 9.62 Å². The predicted octanol–water partition coefficient (Wildman–Crippen LogP) is 1.46. The van der Waals surface area contributed by atoms with Crippen LogP contribution in [-0.4, -0.2) is 26.8 Å². The monoisotopic (exact) mass is 346 g/mol. The highest BCUT2D eigenvalue weighted by Gasteiger charge is 2.34.